The van der Waals surface area contributed by atoms with Crippen LogP contribution in [0.3, 0.4) is 0 Å². The van der Waals surface area contributed by atoms with Gasteiger partial charge in [0.05, 0.1) is 0 Å². The van der Waals surface area contributed by atoms with Crippen molar-refractivity contribution < 1.29 is 4.42 Å². The molecule has 17 aromatic carbocycles. The highest BCUT2D eigenvalue weighted by Gasteiger charge is 2.35. The Bertz CT molecular complexity index is 8100. The minimum absolute atomic E-state index is 0.0609. The fourth-order valence-corrected chi connectivity index (χ4v) is 19.9. The lowest BCUT2D eigenvalue weighted by atomic mass is 9.81. The molecule has 6 aromatic heterocycles. The Morgan fingerprint density at radius 3 is 1.16 bits per heavy atom. The minimum atomic E-state index is -0.0609. The van der Waals surface area contributed by atoms with Gasteiger partial charge in [0, 0.05) is 107 Å². The zero-order chi connectivity index (χ0) is 83.5. The van der Waals surface area contributed by atoms with E-state index in [0.29, 0.717) is 52.4 Å². The SMILES string of the molecule is CC1(C)c2ccccc2-c2ccc(-c3cccc(-c4nc(-c5ccccc5)nc(-c5ccc6oc7ccccc7c6c5)n4)c3)cc21.Cc1ccccc1-c1nc(-c2ccccc2)nc(-c2ccc(-c3cccc4c3sc3ccccc34)cc2)n1.c1ccc(-c2nc(-c3cccc(-c4cccc5c4sc4ccccc45)c3)nc(-c3cccc4ccccc34)n2)cc1. The van der Waals surface area contributed by atoms with Gasteiger partial charge in [-0.05, 0) is 133 Å². The summed E-state index contributed by atoms with van der Waals surface area (Å²) in [6.45, 7) is 6.72. The third kappa shape index (κ3) is 14.3. The number of para-hydroxylation sites is 1. The van der Waals surface area contributed by atoms with Gasteiger partial charge in [0.15, 0.2) is 52.4 Å². The number of rotatable bonds is 12. The molecule has 0 amide bonds. The smallest absolute Gasteiger partial charge is 0.164 e. The molecule has 0 radical (unpaired) electrons. The molecule has 0 atom stereocenters. The number of thiophene rings is 2. The Labute approximate surface area is 730 Å². The highest BCUT2D eigenvalue weighted by Crippen LogP contribution is 2.51. The lowest BCUT2D eigenvalue weighted by Gasteiger charge is -2.22. The van der Waals surface area contributed by atoms with Gasteiger partial charge in [0.25, 0.3) is 0 Å². The summed E-state index contributed by atoms with van der Waals surface area (Å²) in [5.41, 5.74) is 23.9. The van der Waals surface area contributed by atoms with Gasteiger partial charge in [-0.3, -0.25) is 0 Å². The average Bonchev–Trinajstić information content (AvgIpc) is 1.58. The molecule has 12 heteroatoms. The molecule has 0 saturated heterocycles. The molecular formula is C113H75N9OS2. The maximum atomic E-state index is 6.09. The molecule has 0 aliphatic heterocycles. The predicted octanol–water partition coefficient (Wildman–Crippen LogP) is 30.0. The van der Waals surface area contributed by atoms with E-state index in [1.807, 2.05) is 156 Å². The zero-order valence-electron chi connectivity index (χ0n) is 68.4. The first kappa shape index (κ1) is 75.5. The molecule has 1 aliphatic carbocycles. The first-order valence-electron chi connectivity index (χ1n) is 41.9. The largest absolute Gasteiger partial charge is 0.456 e. The van der Waals surface area contributed by atoms with Gasteiger partial charge in [-0.15, -0.1) is 22.7 Å². The van der Waals surface area contributed by atoms with E-state index in [2.05, 4.69) is 288 Å². The lowest BCUT2D eigenvalue weighted by molar-refractivity contribution is 0.660. The van der Waals surface area contributed by atoms with Gasteiger partial charge in [0.1, 0.15) is 11.2 Å². The van der Waals surface area contributed by atoms with Crippen molar-refractivity contribution >= 4 is 95.7 Å². The van der Waals surface area contributed by atoms with Crippen LogP contribution in [0.4, 0.5) is 0 Å². The first-order chi connectivity index (χ1) is 61.6. The fraction of sp³-hybridized carbons (Fsp3) is 0.0354. The number of nitrogens with zero attached hydrogens (tertiary/aromatic N) is 9. The maximum Gasteiger partial charge on any atom is 0.164 e. The summed E-state index contributed by atoms with van der Waals surface area (Å²) in [4.78, 5) is 44.7. The van der Waals surface area contributed by atoms with E-state index in [9.17, 15) is 0 Å². The Hall–Kier alpha value is -15.7. The summed E-state index contributed by atoms with van der Waals surface area (Å²) in [6, 6.07) is 139. The van der Waals surface area contributed by atoms with Gasteiger partial charge in [-0.1, -0.05) is 360 Å². The fourth-order valence-electron chi connectivity index (χ4n) is 17.4. The van der Waals surface area contributed by atoms with Crippen LogP contribution in [0.2, 0.25) is 0 Å². The Morgan fingerprint density at radius 1 is 0.208 bits per heavy atom. The average molecular weight is 1640 g/mol. The van der Waals surface area contributed by atoms with Crippen LogP contribution in [-0.2, 0) is 5.41 Å². The van der Waals surface area contributed by atoms with Crippen molar-refractivity contribution in [2.75, 3.05) is 0 Å². The monoisotopic (exact) mass is 1640 g/mol. The number of hydrogen-bond donors (Lipinski definition) is 0. The van der Waals surface area contributed by atoms with Gasteiger partial charge >= 0.3 is 0 Å². The molecule has 1 aliphatic rings. The van der Waals surface area contributed by atoms with Crippen LogP contribution in [0.25, 0.3) is 220 Å². The van der Waals surface area contributed by atoms with Gasteiger partial charge in [-0.25, -0.2) is 44.9 Å². The third-order valence-electron chi connectivity index (χ3n) is 23.8. The summed E-state index contributed by atoms with van der Waals surface area (Å²) in [7, 11) is 0. The third-order valence-corrected chi connectivity index (χ3v) is 26.2. The van der Waals surface area contributed by atoms with E-state index in [-0.39, 0.29) is 5.41 Å². The molecule has 23 aromatic rings. The second-order valence-electron chi connectivity index (χ2n) is 31.9. The van der Waals surface area contributed by atoms with Crippen molar-refractivity contribution in [3.63, 3.8) is 0 Å². The second kappa shape index (κ2) is 32.0. The summed E-state index contributed by atoms with van der Waals surface area (Å²) < 4.78 is 11.3. The Kier molecular flexibility index (Phi) is 19.3. The normalized spacial score (nSPS) is 12.0. The van der Waals surface area contributed by atoms with E-state index in [1.54, 1.807) is 0 Å². The van der Waals surface area contributed by atoms with Crippen molar-refractivity contribution in [2.24, 2.45) is 0 Å². The first-order valence-corrected chi connectivity index (χ1v) is 43.5. The summed E-state index contributed by atoms with van der Waals surface area (Å²) in [5, 5.41) is 9.61. The molecule has 0 saturated carbocycles. The molecule has 6 heterocycles. The van der Waals surface area contributed by atoms with Crippen LogP contribution in [-0.4, -0.2) is 44.9 Å². The number of aryl methyl sites for hydroxylation is 1. The molecule has 125 heavy (non-hydrogen) atoms. The van der Waals surface area contributed by atoms with Gasteiger partial charge in [-0.2, -0.15) is 0 Å². The maximum absolute atomic E-state index is 6.09. The number of benzene rings is 17. The van der Waals surface area contributed by atoms with Crippen LogP contribution in [0, 0.1) is 6.92 Å². The van der Waals surface area contributed by atoms with Crippen LogP contribution < -0.4 is 0 Å². The van der Waals surface area contributed by atoms with Crippen LogP contribution >= 0.6 is 22.7 Å². The molecule has 0 spiro atoms. The van der Waals surface area contributed by atoms with Crippen molar-refractivity contribution in [2.45, 2.75) is 26.2 Å². The topological polar surface area (TPSA) is 129 Å². The molecular weight excluding hydrogens is 1560 g/mol. The van der Waals surface area contributed by atoms with E-state index in [0.717, 1.165) is 99.5 Å². The zero-order valence-corrected chi connectivity index (χ0v) is 70.0. The predicted molar refractivity (Wildman–Crippen MR) is 518 cm³/mol. The van der Waals surface area contributed by atoms with Gasteiger partial charge < -0.3 is 4.42 Å². The summed E-state index contributed by atoms with van der Waals surface area (Å²) >= 11 is 3.70. The molecule has 590 valence electrons. The quantitative estimate of drug-likeness (QED) is 0.117. The Morgan fingerprint density at radius 2 is 0.560 bits per heavy atom. The van der Waals surface area contributed by atoms with Crippen LogP contribution in [0.15, 0.2) is 405 Å². The Balaban J connectivity index is 0.000000112. The van der Waals surface area contributed by atoms with E-state index in [4.69, 9.17) is 49.3 Å². The molecule has 24 rings (SSSR count). The van der Waals surface area contributed by atoms with Crippen LogP contribution in [0.1, 0.15) is 30.5 Å². The number of furan rings is 1. The van der Waals surface area contributed by atoms with Crippen molar-refractivity contribution in [3.05, 3.63) is 417 Å². The molecule has 0 bridgehead atoms. The van der Waals surface area contributed by atoms with E-state index >= 15 is 0 Å². The summed E-state index contributed by atoms with van der Waals surface area (Å²) in [6.07, 6.45) is 0. The second-order valence-corrected chi connectivity index (χ2v) is 34.0. The molecule has 10 nitrogen and oxygen atoms in total. The summed E-state index contributed by atoms with van der Waals surface area (Å²) in [5.74, 6) is 5.92. The highest BCUT2D eigenvalue weighted by atomic mass is 32.1. The van der Waals surface area contributed by atoms with Crippen LogP contribution in [0.5, 0.6) is 0 Å². The minimum Gasteiger partial charge on any atom is -0.456 e. The lowest BCUT2D eigenvalue weighted by Crippen LogP contribution is -2.14. The highest BCUT2D eigenvalue weighted by molar-refractivity contribution is 7.26. The molecule has 0 fully saturated rings. The van der Waals surface area contributed by atoms with Crippen molar-refractivity contribution in [3.8, 4) is 147 Å². The number of aromatic nitrogens is 9. The van der Waals surface area contributed by atoms with Crippen molar-refractivity contribution in [1.82, 2.24) is 44.9 Å². The van der Waals surface area contributed by atoms with E-state index in [1.165, 1.54) is 84.9 Å². The van der Waals surface area contributed by atoms with E-state index < -0.39 is 0 Å². The number of hydrogen-bond acceptors (Lipinski definition) is 12. The molecule has 0 unspecified atom stereocenters. The van der Waals surface area contributed by atoms with Gasteiger partial charge in [0.2, 0.25) is 0 Å². The molecule has 0 N–H and O–H groups in total. The number of fused-ring (bicyclic) bond motifs is 13. The van der Waals surface area contributed by atoms with Crippen molar-refractivity contribution in [1.29, 1.82) is 0 Å². The standard InChI is InChI=1S/C42H29N3O.C37H23N3S.C34H23N3S/c1-42(2)35-17-8-6-15-31(35)32-21-19-28(25-36(32)42)27-13-10-14-29(23-27)40-43-39(26-11-4-3-5-12-26)44-41(45-40)30-20-22-38-34(24-30)33-16-7-9-18-37(33)46-38;1-2-12-25(13-3-1)35-38-36(40-37(39-35)32-21-9-14-24-11-4-5-17-28(24)32)27-16-8-15-26(23-27)29-19-10-20-31-30-18-6-7-22-33(30)41-34(29)31;1-22-10-5-6-13-26(22)34-36-32(24-11-3-2-4-12-24)35-33(37-34)25-20-18-23(19-21-25)27-15-9-16-29-28-14-7-8-17-30(28)38-31(27)29/h3-25H,1-2H3;1-23H;2-21H,1H3.